The molecule has 8 heteroatoms. The van der Waals surface area contributed by atoms with E-state index in [2.05, 4.69) is 16.0 Å². The summed E-state index contributed by atoms with van der Waals surface area (Å²) in [5.74, 6) is -0.515. The molecule has 8 nitrogen and oxygen atoms in total. The molecular weight excluding hydrogens is 398 g/mol. The number of anilines is 1. The van der Waals surface area contributed by atoms with Crippen molar-refractivity contribution in [3.05, 3.63) is 54.0 Å². The van der Waals surface area contributed by atoms with Gasteiger partial charge in [-0.05, 0) is 44.0 Å². The maximum Gasteiger partial charge on any atom is 0.310 e. The predicted molar refractivity (Wildman–Crippen MR) is 115 cm³/mol. The zero-order valence-electron chi connectivity index (χ0n) is 17.9. The molecule has 1 heterocycles. The molecule has 0 saturated heterocycles. The molecule has 1 saturated carbocycles. The van der Waals surface area contributed by atoms with Crippen molar-refractivity contribution in [2.45, 2.75) is 44.7 Å². The number of ether oxygens (including phenoxy) is 1. The van der Waals surface area contributed by atoms with Gasteiger partial charge in [0, 0.05) is 5.54 Å². The van der Waals surface area contributed by atoms with Crippen LogP contribution in [0.2, 0.25) is 0 Å². The fourth-order valence-electron chi connectivity index (χ4n) is 4.01. The summed E-state index contributed by atoms with van der Waals surface area (Å²) in [5.41, 5.74) is 0.270. The molecule has 0 bridgehead atoms. The molecule has 166 valence electrons. The Morgan fingerprint density at radius 2 is 1.97 bits per heavy atom. The number of carbonyl (C=O) groups excluding carboxylic acids is 3. The van der Waals surface area contributed by atoms with E-state index < -0.39 is 5.54 Å². The first kappa shape index (κ1) is 22.6. The van der Waals surface area contributed by atoms with Crippen LogP contribution in [0, 0.1) is 5.92 Å². The fraction of sp³-hybridized carbons (Fsp3) is 0.435. The van der Waals surface area contributed by atoms with Crippen molar-refractivity contribution in [1.29, 1.82) is 0 Å². The molecular formula is C23H29N3O5. The summed E-state index contributed by atoms with van der Waals surface area (Å²) >= 11 is 0. The Balaban J connectivity index is 1.60. The van der Waals surface area contributed by atoms with Gasteiger partial charge < -0.3 is 25.1 Å². The van der Waals surface area contributed by atoms with Gasteiger partial charge in [-0.3, -0.25) is 14.4 Å². The molecule has 0 radical (unpaired) electrons. The molecule has 31 heavy (non-hydrogen) atoms. The summed E-state index contributed by atoms with van der Waals surface area (Å²) in [5, 5.41) is 8.83. The molecule has 1 aromatic carbocycles. The standard InChI is InChI=1S/C23H29N3O5/c1-23(12-6-5-10-18(23)22(29)30-2)25-15-20(27)26-19-11-4-3-9-17(19)21(28)24-14-16-8-7-13-31-16/h3-4,7-9,11,13,18,25H,5-6,10,12,14-15H2,1-2H3,(H,24,28)(H,26,27)/t18-,23-/m0/s1. The van der Waals surface area contributed by atoms with Crippen LogP contribution in [-0.2, 0) is 20.9 Å². The van der Waals surface area contributed by atoms with Gasteiger partial charge in [-0.25, -0.2) is 0 Å². The summed E-state index contributed by atoms with van der Waals surface area (Å²) in [6.07, 6.45) is 5.00. The van der Waals surface area contributed by atoms with Crippen LogP contribution in [-0.4, -0.2) is 37.0 Å². The Morgan fingerprint density at radius 1 is 1.16 bits per heavy atom. The zero-order valence-corrected chi connectivity index (χ0v) is 17.9. The van der Waals surface area contributed by atoms with Crippen molar-refractivity contribution in [1.82, 2.24) is 10.6 Å². The second-order valence-corrected chi connectivity index (χ2v) is 7.95. The van der Waals surface area contributed by atoms with Crippen LogP contribution in [0.5, 0.6) is 0 Å². The van der Waals surface area contributed by atoms with Gasteiger partial charge in [0.25, 0.3) is 5.91 Å². The van der Waals surface area contributed by atoms with Crippen LogP contribution in [0.4, 0.5) is 5.69 Å². The third kappa shape index (κ3) is 5.73. The molecule has 0 aliphatic heterocycles. The summed E-state index contributed by atoms with van der Waals surface area (Å²) < 4.78 is 10.2. The van der Waals surface area contributed by atoms with Gasteiger partial charge in [-0.1, -0.05) is 25.0 Å². The minimum Gasteiger partial charge on any atom is -0.469 e. The Kier molecular flexibility index (Phi) is 7.46. The third-order valence-electron chi connectivity index (χ3n) is 5.80. The molecule has 2 amide bonds. The van der Waals surface area contributed by atoms with Crippen molar-refractivity contribution < 1.29 is 23.5 Å². The lowest BCUT2D eigenvalue weighted by Crippen LogP contribution is -2.55. The minimum atomic E-state index is -0.511. The normalized spacial score (nSPS) is 20.6. The van der Waals surface area contributed by atoms with E-state index in [9.17, 15) is 14.4 Å². The summed E-state index contributed by atoms with van der Waals surface area (Å²) in [4.78, 5) is 37.4. The highest BCUT2D eigenvalue weighted by atomic mass is 16.5. The molecule has 0 spiro atoms. The Morgan fingerprint density at radius 3 is 2.71 bits per heavy atom. The highest BCUT2D eigenvalue weighted by Gasteiger charge is 2.41. The van der Waals surface area contributed by atoms with Crippen molar-refractivity contribution in [2.24, 2.45) is 5.92 Å². The van der Waals surface area contributed by atoms with Gasteiger partial charge in [0.1, 0.15) is 5.76 Å². The SMILES string of the molecule is COC(=O)[C@@H]1CCCC[C@]1(C)NCC(=O)Nc1ccccc1C(=O)NCc1ccco1. The number of para-hydroxylation sites is 1. The van der Waals surface area contributed by atoms with Crippen LogP contribution >= 0.6 is 0 Å². The molecule has 3 rings (SSSR count). The van der Waals surface area contributed by atoms with Gasteiger partial charge in [-0.2, -0.15) is 0 Å². The molecule has 2 aromatic rings. The average Bonchev–Trinajstić information content (AvgIpc) is 3.30. The van der Waals surface area contributed by atoms with Gasteiger partial charge in [0.15, 0.2) is 0 Å². The van der Waals surface area contributed by atoms with E-state index in [1.807, 2.05) is 6.92 Å². The first-order valence-corrected chi connectivity index (χ1v) is 10.5. The number of methoxy groups -OCH3 is 1. The second kappa shape index (κ2) is 10.3. The number of benzene rings is 1. The van der Waals surface area contributed by atoms with E-state index in [1.54, 1.807) is 42.7 Å². The molecule has 2 atom stereocenters. The number of carbonyl (C=O) groups is 3. The first-order valence-electron chi connectivity index (χ1n) is 10.5. The molecule has 1 fully saturated rings. The second-order valence-electron chi connectivity index (χ2n) is 7.95. The van der Waals surface area contributed by atoms with E-state index in [0.717, 1.165) is 25.7 Å². The molecule has 3 N–H and O–H groups in total. The van der Waals surface area contributed by atoms with Gasteiger partial charge in [0.05, 0.1) is 43.6 Å². The van der Waals surface area contributed by atoms with Crippen LogP contribution in [0.3, 0.4) is 0 Å². The van der Waals surface area contributed by atoms with E-state index in [4.69, 9.17) is 9.15 Å². The molecule has 0 unspecified atom stereocenters. The summed E-state index contributed by atoms with van der Waals surface area (Å²) in [6.45, 7) is 2.23. The maximum atomic E-state index is 12.6. The van der Waals surface area contributed by atoms with Gasteiger partial charge in [-0.15, -0.1) is 0 Å². The lowest BCUT2D eigenvalue weighted by atomic mass is 9.74. The molecule has 1 aliphatic carbocycles. The van der Waals surface area contributed by atoms with Crippen LogP contribution in [0.15, 0.2) is 47.1 Å². The van der Waals surface area contributed by atoms with Crippen molar-refractivity contribution >= 4 is 23.5 Å². The lowest BCUT2D eigenvalue weighted by Gasteiger charge is -2.40. The highest BCUT2D eigenvalue weighted by Crippen LogP contribution is 2.34. The topological polar surface area (TPSA) is 110 Å². The third-order valence-corrected chi connectivity index (χ3v) is 5.80. The molecule has 1 aromatic heterocycles. The van der Waals surface area contributed by atoms with Crippen LogP contribution in [0.1, 0.15) is 48.7 Å². The van der Waals surface area contributed by atoms with Crippen molar-refractivity contribution in [3.63, 3.8) is 0 Å². The minimum absolute atomic E-state index is 0.0202. The maximum absolute atomic E-state index is 12.6. The highest BCUT2D eigenvalue weighted by molar-refractivity contribution is 6.04. The number of hydrogen-bond donors (Lipinski definition) is 3. The Bertz CT molecular complexity index is 912. The summed E-state index contributed by atoms with van der Waals surface area (Å²) in [6, 6.07) is 10.3. The van der Waals surface area contributed by atoms with Crippen molar-refractivity contribution in [2.75, 3.05) is 19.0 Å². The van der Waals surface area contributed by atoms with E-state index in [1.165, 1.54) is 7.11 Å². The average molecular weight is 428 g/mol. The van der Waals surface area contributed by atoms with Crippen LogP contribution in [0.25, 0.3) is 0 Å². The number of amides is 2. The lowest BCUT2D eigenvalue weighted by molar-refractivity contribution is -0.150. The summed E-state index contributed by atoms with van der Waals surface area (Å²) in [7, 11) is 1.39. The number of rotatable bonds is 8. The quantitative estimate of drug-likeness (QED) is 0.559. The van der Waals surface area contributed by atoms with Gasteiger partial charge in [0.2, 0.25) is 5.91 Å². The fourth-order valence-corrected chi connectivity index (χ4v) is 4.01. The smallest absolute Gasteiger partial charge is 0.310 e. The zero-order chi connectivity index (χ0) is 22.3. The van der Waals surface area contributed by atoms with E-state index >= 15 is 0 Å². The number of furan rings is 1. The van der Waals surface area contributed by atoms with Crippen molar-refractivity contribution in [3.8, 4) is 0 Å². The first-order chi connectivity index (χ1) is 14.9. The largest absolute Gasteiger partial charge is 0.469 e. The van der Waals surface area contributed by atoms with E-state index in [-0.39, 0.29) is 36.8 Å². The number of nitrogens with one attached hydrogen (secondary N) is 3. The Labute approximate surface area is 181 Å². The number of esters is 1. The Hall–Kier alpha value is -3.13. The number of hydrogen-bond acceptors (Lipinski definition) is 6. The van der Waals surface area contributed by atoms with Gasteiger partial charge >= 0.3 is 5.97 Å². The van der Waals surface area contributed by atoms with Crippen LogP contribution < -0.4 is 16.0 Å². The molecule has 1 aliphatic rings. The monoisotopic (exact) mass is 427 g/mol. The van der Waals surface area contributed by atoms with E-state index in [0.29, 0.717) is 17.0 Å². The predicted octanol–water partition coefficient (Wildman–Crippen LogP) is 2.86.